The van der Waals surface area contributed by atoms with Gasteiger partial charge in [0.25, 0.3) is 5.91 Å². The largest absolute Gasteiger partial charge is 0.417 e. The molecule has 3 rings (SSSR count). The van der Waals surface area contributed by atoms with Crippen LogP contribution in [-0.4, -0.2) is 15.9 Å². The number of hydrogen-bond donors (Lipinski definition) is 1. The van der Waals surface area contributed by atoms with Gasteiger partial charge in [0.15, 0.2) is 0 Å². The van der Waals surface area contributed by atoms with Crippen molar-refractivity contribution in [2.45, 2.75) is 12.3 Å². The molecule has 0 aliphatic carbocycles. The second kappa shape index (κ2) is 6.49. The summed E-state index contributed by atoms with van der Waals surface area (Å²) in [5.41, 5.74) is 1.47. The number of hydrogen-bond acceptors (Lipinski definition) is 5. The van der Waals surface area contributed by atoms with E-state index in [-0.39, 0.29) is 21.3 Å². The molecule has 0 unspecified atom stereocenters. The molecule has 0 radical (unpaired) electrons. The van der Waals surface area contributed by atoms with E-state index in [1.54, 1.807) is 12.1 Å². The van der Waals surface area contributed by atoms with Crippen LogP contribution in [0.3, 0.4) is 0 Å². The number of aromatic nitrogens is 1. The molecule has 1 aliphatic rings. The number of alkyl halides is 3. The Morgan fingerprint density at radius 1 is 1.20 bits per heavy atom. The summed E-state index contributed by atoms with van der Waals surface area (Å²) in [5.74, 6) is -0.585. The van der Waals surface area contributed by atoms with E-state index in [1.807, 2.05) is 0 Å². The van der Waals surface area contributed by atoms with Crippen LogP contribution < -0.4 is 5.53 Å². The minimum Gasteiger partial charge on any atom is -0.267 e. The van der Waals surface area contributed by atoms with Gasteiger partial charge in [0.05, 0.1) is 21.2 Å². The average Bonchev–Trinajstić information content (AvgIpc) is 3.03. The van der Waals surface area contributed by atoms with Crippen LogP contribution in [0.5, 0.6) is 0 Å². The predicted octanol–water partition coefficient (Wildman–Crippen LogP) is 4.43. The number of halogens is 5. The predicted molar refractivity (Wildman–Crippen MR) is 82.6 cm³/mol. The molecule has 1 aromatic heterocycles. The first kappa shape index (κ1) is 17.4. The fourth-order valence-corrected chi connectivity index (χ4v) is 2.61. The van der Waals surface area contributed by atoms with Gasteiger partial charge in [0, 0.05) is 6.20 Å². The molecule has 0 fully saturated rings. The Morgan fingerprint density at radius 3 is 2.56 bits per heavy atom. The molecule has 2 heterocycles. The van der Waals surface area contributed by atoms with Crippen molar-refractivity contribution >= 4 is 29.1 Å². The van der Waals surface area contributed by atoms with E-state index in [9.17, 15) is 18.0 Å². The van der Waals surface area contributed by atoms with Gasteiger partial charge < -0.3 is 0 Å². The number of nitrogens with zero attached hydrogens (tertiary/aromatic N) is 4. The topological polar surface area (TPSA) is 70.0 Å². The SMILES string of the molecule is O=C(c1ccccc1Cl)N1NN=N[C@@H]1c1ncc(C(F)(F)F)cc1Cl. The molecule has 0 saturated heterocycles. The van der Waals surface area contributed by atoms with Crippen molar-refractivity contribution in [2.24, 2.45) is 10.3 Å². The number of hydrazine groups is 1. The lowest BCUT2D eigenvalue weighted by molar-refractivity contribution is -0.137. The van der Waals surface area contributed by atoms with E-state index >= 15 is 0 Å². The Hall–Kier alpha value is -2.39. The molecule has 1 aromatic carbocycles. The van der Waals surface area contributed by atoms with Crippen LogP contribution >= 0.6 is 23.2 Å². The summed E-state index contributed by atoms with van der Waals surface area (Å²) in [6.45, 7) is 0. The highest BCUT2D eigenvalue weighted by Crippen LogP contribution is 2.35. The molecular formula is C14H8Cl2F3N5O. The van der Waals surface area contributed by atoms with Gasteiger partial charge in [-0.3, -0.25) is 9.78 Å². The number of nitrogens with one attached hydrogen (secondary N) is 1. The zero-order valence-corrected chi connectivity index (χ0v) is 13.6. The highest BCUT2D eigenvalue weighted by molar-refractivity contribution is 6.33. The van der Waals surface area contributed by atoms with Crippen molar-refractivity contribution in [2.75, 3.05) is 0 Å². The van der Waals surface area contributed by atoms with Crippen LogP contribution in [0.4, 0.5) is 13.2 Å². The van der Waals surface area contributed by atoms with Gasteiger partial charge in [0.2, 0.25) is 6.17 Å². The van der Waals surface area contributed by atoms with Gasteiger partial charge in [-0.25, -0.2) is 5.01 Å². The van der Waals surface area contributed by atoms with Crippen molar-refractivity contribution in [1.82, 2.24) is 15.5 Å². The summed E-state index contributed by atoms with van der Waals surface area (Å²) in [5, 5.41) is 8.17. The number of rotatable bonds is 2. The fourth-order valence-electron chi connectivity index (χ4n) is 2.13. The lowest BCUT2D eigenvalue weighted by Crippen LogP contribution is -2.39. The highest BCUT2D eigenvalue weighted by atomic mass is 35.5. The molecule has 1 amide bonds. The number of carbonyl (C=O) groups excluding carboxylic acids is 1. The van der Waals surface area contributed by atoms with Crippen LogP contribution in [-0.2, 0) is 6.18 Å². The zero-order chi connectivity index (χ0) is 18.2. The number of benzene rings is 1. The summed E-state index contributed by atoms with van der Waals surface area (Å²) in [6, 6.07) is 7.00. The number of amides is 1. The van der Waals surface area contributed by atoms with Crippen LogP contribution in [0.15, 0.2) is 46.9 Å². The summed E-state index contributed by atoms with van der Waals surface area (Å²) < 4.78 is 38.1. The van der Waals surface area contributed by atoms with E-state index < -0.39 is 23.8 Å². The first-order valence-corrected chi connectivity index (χ1v) is 7.51. The second-order valence-electron chi connectivity index (χ2n) is 4.93. The minimum absolute atomic E-state index is 0.0520. The second-order valence-corrected chi connectivity index (χ2v) is 5.75. The molecule has 1 atom stereocenters. The van der Waals surface area contributed by atoms with Crippen molar-refractivity contribution < 1.29 is 18.0 Å². The Kier molecular flexibility index (Phi) is 4.53. The molecule has 11 heteroatoms. The summed E-state index contributed by atoms with van der Waals surface area (Å²) in [4.78, 5) is 16.3. The molecule has 0 saturated carbocycles. The summed E-state index contributed by atoms with van der Waals surface area (Å²) in [6.07, 6.45) is -5.09. The summed E-state index contributed by atoms with van der Waals surface area (Å²) in [7, 11) is 0. The van der Waals surface area contributed by atoms with Crippen LogP contribution in [0.25, 0.3) is 0 Å². The molecule has 0 spiro atoms. The van der Waals surface area contributed by atoms with Crippen molar-refractivity contribution in [3.63, 3.8) is 0 Å². The maximum atomic E-state index is 12.7. The first-order valence-electron chi connectivity index (χ1n) is 6.75. The van der Waals surface area contributed by atoms with Gasteiger partial charge in [-0.15, -0.1) is 5.11 Å². The van der Waals surface area contributed by atoms with Gasteiger partial charge in [0.1, 0.15) is 5.69 Å². The lowest BCUT2D eigenvalue weighted by Gasteiger charge is -2.21. The molecular weight excluding hydrogens is 382 g/mol. The normalized spacial score (nSPS) is 16.8. The van der Waals surface area contributed by atoms with Gasteiger partial charge in [-0.05, 0) is 18.2 Å². The molecule has 25 heavy (non-hydrogen) atoms. The van der Waals surface area contributed by atoms with Crippen LogP contribution in [0.1, 0.15) is 27.8 Å². The van der Waals surface area contributed by atoms with Gasteiger partial charge >= 0.3 is 6.18 Å². The smallest absolute Gasteiger partial charge is 0.267 e. The van der Waals surface area contributed by atoms with E-state index in [4.69, 9.17) is 23.2 Å². The van der Waals surface area contributed by atoms with Crippen LogP contribution in [0, 0.1) is 0 Å². The van der Waals surface area contributed by atoms with E-state index in [2.05, 4.69) is 20.9 Å². The summed E-state index contributed by atoms with van der Waals surface area (Å²) >= 11 is 11.9. The van der Waals surface area contributed by atoms with Crippen molar-refractivity contribution in [3.8, 4) is 0 Å². The Labute approximate surface area is 149 Å². The van der Waals surface area contributed by atoms with E-state index in [0.29, 0.717) is 6.20 Å². The molecule has 1 N–H and O–H groups in total. The Morgan fingerprint density at radius 2 is 1.92 bits per heavy atom. The van der Waals surface area contributed by atoms with Gasteiger partial charge in [-0.2, -0.15) is 18.7 Å². The molecule has 130 valence electrons. The number of carbonyl (C=O) groups is 1. The maximum absolute atomic E-state index is 12.7. The standard InChI is InChI=1S/C14H8Cl2F3N5O/c15-9-4-2-1-3-8(9)13(25)24-12(21-22-23-24)11-10(16)5-7(6-20-11)14(17,18)19/h1-6,12H,(H,21,23)/t12-/m0/s1. The number of pyridine rings is 1. The maximum Gasteiger partial charge on any atom is 0.417 e. The molecule has 2 aromatic rings. The first-order chi connectivity index (χ1) is 11.8. The Balaban J connectivity index is 1.93. The third-order valence-corrected chi connectivity index (χ3v) is 3.96. The van der Waals surface area contributed by atoms with Gasteiger partial charge in [-0.1, -0.05) is 40.6 Å². The van der Waals surface area contributed by atoms with E-state index in [0.717, 1.165) is 11.1 Å². The quantitative estimate of drug-likeness (QED) is 0.825. The van der Waals surface area contributed by atoms with Crippen LogP contribution in [0.2, 0.25) is 10.0 Å². The molecule has 6 nitrogen and oxygen atoms in total. The Bertz CT molecular complexity index is 859. The zero-order valence-electron chi connectivity index (χ0n) is 12.1. The molecule has 1 aliphatic heterocycles. The molecule has 0 bridgehead atoms. The van der Waals surface area contributed by atoms with Crippen molar-refractivity contribution in [3.05, 3.63) is 63.4 Å². The highest BCUT2D eigenvalue weighted by Gasteiger charge is 2.36. The lowest BCUT2D eigenvalue weighted by atomic mass is 10.2. The fraction of sp³-hybridized carbons (Fsp3) is 0.143. The minimum atomic E-state index is -4.59. The third kappa shape index (κ3) is 3.38. The van der Waals surface area contributed by atoms with Crippen molar-refractivity contribution in [1.29, 1.82) is 0 Å². The monoisotopic (exact) mass is 389 g/mol. The van der Waals surface area contributed by atoms with E-state index in [1.165, 1.54) is 12.1 Å². The third-order valence-electron chi connectivity index (χ3n) is 3.33. The average molecular weight is 390 g/mol.